The molecule has 1 aromatic rings. The smallest absolute Gasteiger partial charge is 0.162 e. The van der Waals surface area contributed by atoms with Crippen LogP contribution in [0, 0.1) is 5.41 Å². The summed E-state index contributed by atoms with van der Waals surface area (Å²) in [6.45, 7) is 6.86. The van der Waals surface area contributed by atoms with E-state index in [9.17, 15) is 0 Å². The molecule has 110 valence electrons. The quantitative estimate of drug-likeness (QED) is 0.900. The molecule has 1 unspecified atom stereocenters. The Morgan fingerprint density at radius 2 is 1.90 bits per heavy atom. The van der Waals surface area contributed by atoms with E-state index < -0.39 is 0 Å². The first-order chi connectivity index (χ1) is 9.56. The lowest BCUT2D eigenvalue weighted by molar-refractivity contribution is 0.217. The summed E-state index contributed by atoms with van der Waals surface area (Å²) in [7, 11) is 3.37. The number of ether oxygens (including phenoxy) is 2. The van der Waals surface area contributed by atoms with Crippen molar-refractivity contribution in [1.29, 1.82) is 0 Å². The van der Waals surface area contributed by atoms with Gasteiger partial charge in [-0.25, -0.2) is 0 Å². The van der Waals surface area contributed by atoms with Gasteiger partial charge < -0.3 is 19.7 Å². The number of anilines is 2. The molecule has 0 aliphatic carbocycles. The first-order valence-electron chi connectivity index (χ1n) is 7.33. The number of hydrogen-bond donors (Lipinski definition) is 1. The van der Waals surface area contributed by atoms with Crippen LogP contribution in [0.5, 0.6) is 11.5 Å². The molecule has 0 amide bonds. The van der Waals surface area contributed by atoms with Crippen molar-refractivity contribution < 1.29 is 9.47 Å². The predicted octanol–water partition coefficient (Wildman–Crippen LogP) is 3.12. The summed E-state index contributed by atoms with van der Waals surface area (Å²) >= 11 is 0. The van der Waals surface area contributed by atoms with Gasteiger partial charge in [0.15, 0.2) is 11.5 Å². The lowest BCUT2D eigenvalue weighted by atomic mass is 9.75. The molecule has 20 heavy (non-hydrogen) atoms. The molecular formula is C16H24N2O2. The van der Waals surface area contributed by atoms with Gasteiger partial charge in [-0.1, -0.05) is 13.8 Å². The zero-order valence-electron chi connectivity index (χ0n) is 12.8. The third kappa shape index (κ3) is 1.98. The van der Waals surface area contributed by atoms with Gasteiger partial charge in [0.25, 0.3) is 0 Å². The predicted molar refractivity (Wildman–Crippen MR) is 82.2 cm³/mol. The maximum atomic E-state index is 5.45. The second kappa shape index (κ2) is 4.76. The standard InChI is InChI=1S/C16H24N2O2/c1-16(2)6-5-7-18-12-9-14(20-4)13(19-3)8-11(12)17-10-15(16)18/h8-9,15,17H,5-7,10H2,1-4H3. The van der Waals surface area contributed by atoms with Crippen LogP contribution in [-0.4, -0.2) is 33.4 Å². The minimum Gasteiger partial charge on any atom is -0.493 e. The highest BCUT2D eigenvalue weighted by Crippen LogP contribution is 2.46. The molecule has 4 heteroatoms. The molecule has 0 aromatic heterocycles. The average Bonchev–Trinajstić information content (AvgIpc) is 2.45. The van der Waals surface area contributed by atoms with Crippen molar-refractivity contribution in [2.45, 2.75) is 32.7 Å². The molecule has 1 fully saturated rings. The highest BCUT2D eigenvalue weighted by atomic mass is 16.5. The van der Waals surface area contributed by atoms with E-state index in [-0.39, 0.29) is 0 Å². The van der Waals surface area contributed by atoms with Crippen LogP contribution < -0.4 is 19.7 Å². The Kier molecular flexibility index (Phi) is 3.19. The summed E-state index contributed by atoms with van der Waals surface area (Å²) in [6, 6.07) is 4.70. The minimum atomic E-state index is 0.343. The Morgan fingerprint density at radius 1 is 1.20 bits per heavy atom. The molecule has 0 spiro atoms. The second-order valence-electron chi connectivity index (χ2n) is 6.41. The first kappa shape index (κ1) is 13.4. The zero-order valence-corrected chi connectivity index (χ0v) is 12.8. The summed E-state index contributed by atoms with van der Waals surface area (Å²) < 4.78 is 10.9. The van der Waals surface area contributed by atoms with Gasteiger partial charge in [0.1, 0.15) is 0 Å². The number of piperidine rings is 1. The van der Waals surface area contributed by atoms with Gasteiger partial charge in [-0.2, -0.15) is 0 Å². The van der Waals surface area contributed by atoms with Crippen molar-refractivity contribution in [2.24, 2.45) is 5.41 Å². The summed E-state index contributed by atoms with van der Waals surface area (Å²) in [5.74, 6) is 1.59. The SMILES string of the molecule is COc1cc2c(cc1OC)N1CCCC(C)(C)C1CN2. The molecule has 2 heterocycles. The Balaban J connectivity index is 2.04. The molecule has 1 aromatic carbocycles. The second-order valence-corrected chi connectivity index (χ2v) is 6.41. The largest absolute Gasteiger partial charge is 0.493 e. The topological polar surface area (TPSA) is 33.7 Å². The summed E-state index contributed by atoms with van der Waals surface area (Å²) in [6.07, 6.45) is 2.54. The monoisotopic (exact) mass is 276 g/mol. The fraction of sp³-hybridized carbons (Fsp3) is 0.625. The number of methoxy groups -OCH3 is 2. The summed E-state index contributed by atoms with van der Waals surface area (Å²) in [5.41, 5.74) is 2.74. The fourth-order valence-electron chi connectivity index (χ4n) is 3.58. The van der Waals surface area contributed by atoms with Gasteiger partial charge in [0, 0.05) is 25.2 Å². The average molecular weight is 276 g/mol. The summed E-state index contributed by atoms with van der Waals surface area (Å²) in [5, 5.41) is 3.57. The lowest BCUT2D eigenvalue weighted by Crippen LogP contribution is -2.55. The molecule has 1 saturated heterocycles. The van der Waals surface area contributed by atoms with E-state index in [2.05, 4.69) is 30.1 Å². The van der Waals surface area contributed by atoms with Gasteiger partial charge >= 0.3 is 0 Å². The van der Waals surface area contributed by atoms with Gasteiger partial charge in [0.05, 0.1) is 31.6 Å². The zero-order chi connectivity index (χ0) is 14.3. The van der Waals surface area contributed by atoms with E-state index >= 15 is 0 Å². The van der Waals surface area contributed by atoms with Gasteiger partial charge in [-0.3, -0.25) is 0 Å². The molecule has 0 radical (unpaired) electrons. The van der Waals surface area contributed by atoms with E-state index in [1.807, 2.05) is 6.07 Å². The van der Waals surface area contributed by atoms with E-state index in [0.717, 1.165) is 30.3 Å². The van der Waals surface area contributed by atoms with Crippen molar-refractivity contribution in [1.82, 2.24) is 0 Å². The minimum absolute atomic E-state index is 0.343. The number of rotatable bonds is 2. The molecule has 0 saturated carbocycles. The number of fused-ring (bicyclic) bond motifs is 3. The van der Waals surface area contributed by atoms with Crippen molar-refractivity contribution in [3.63, 3.8) is 0 Å². The van der Waals surface area contributed by atoms with Gasteiger partial charge in [0.2, 0.25) is 0 Å². The first-order valence-corrected chi connectivity index (χ1v) is 7.33. The van der Waals surface area contributed by atoms with Crippen LogP contribution in [0.3, 0.4) is 0 Å². The van der Waals surface area contributed by atoms with Gasteiger partial charge in [-0.15, -0.1) is 0 Å². The number of hydrogen-bond acceptors (Lipinski definition) is 4. The van der Waals surface area contributed by atoms with Crippen LogP contribution >= 0.6 is 0 Å². The normalized spacial score (nSPS) is 23.4. The molecule has 1 N–H and O–H groups in total. The molecule has 2 aliphatic heterocycles. The number of nitrogens with one attached hydrogen (secondary N) is 1. The van der Waals surface area contributed by atoms with Gasteiger partial charge in [-0.05, 0) is 18.3 Å². The molecule has 1 atom stereocenters. The van der Waals surface area contributed by atoms with Crippen LogP contribution in [0.15, 0.2) is 12.1 Å². The molecule has 0 bridgehead atoms. The van der Waals surface area contributed by atoms with E-state index in [4.69, 9.17) is 9.47 Å². The van der Waals surface area contributed by atoms with Crippen LogP contribution in [0.25, 0.3) is 0 Å². The van der Waals surface area contributed by atoms with Crippen molar-refractivity contribution in [3.05, 3.63) is 12.1 Å². The number of nitrogens with zero attached hydrogens (tertiary/aromatic N) is 1. The third-order valence-corrected chi connectivity index (χ3v) is 4.80. The Bertz CT molecular complexity index is 513. The lowest BCUT2D eigenvalue weighted by Gasteiger charge is -2.51. The maximum absolute atomic E-state index is 5.45. The maximum Gasteiger partial charge on any atom is 0.162 e. The van der Waals surface area contributed by atoms with E-state index in [1.54, 1.807) is 14.2 Å². The highest BCUT2D eigenvalue weighted by Gasteiger charge is 2.40. The van der Waals surface area contributed by atoms with Crippen LogP contribution in [-0.2, 0) is 0 Å². The Morgan fingerprint density at radius 3 is 2.60 bits per heavy atom. The summed E-state index contributed by atoms with van der Waals surface area (Å²) in [4.78, 5) is 2.54. The van der Waals surface area contributed by atoms with Crippen molar-refractivity contribution >= 4 is 11.4 Å². The molecular weight excluding hydrogens is 252 g/mol. The van der Waals surface area contributed by atoms with Crippen LogP contribution in [0.2, 0.25) is 0 Å². The van der Waals surface area contributed by atoms with E-state index in [1.165, 1.54) is 18.5 Å². The third-order valence-electron chi connectivity index (χ3n) is 4.80. The molecule has 4 nitrogen and oxygen atoms in total. The Labute approximate surface area is 121 Å². The fourth-order valence-corrected chi connectivity index (χ4v) is 3.58. The number of benzene rings is 1. The van der Waals surface area contributed by atoms with E-state index in [0.29, 0.717) is 11.5 Å². The van der Waals surface area contributed by atoms with Crippen LogP contribution in [0.1, 0.15) is 26.7 Å². The van der Waals surface area contributed by atoms with Crippen molar-refractivity contribution in [3.8, 4) is 11.5 Å². The van der Waals surface area contributed by atoms with Crippen molar-refractivity contribution in [2.75, 3.05) is 37.5 Å². The van der Waals surface area contributed by atoms with Crippen LogP contribution in [0.4, 0.5) is 11.4 Å². The highest BCUT2D eigenvalue weighted by molar-refractivity contribution is 5.77. The Hall–Kier alpha value is -1.58. The molecule has 2 aliphatic rings. The molecule has 3 rings (SSSR count).